The van der Waals surface area contributed by atoms with Crippen molar-refractivity contribution in [3.05, 3.63) is 58.0 Å². The largest absolute Gasteiger partial charge is 0.465 e. The Bertz CT molecular complexity index is 688. The molecular weight excluding hydrogens is 262 g/mol. The summed E-state index contributed by atoms with van der Waals surface area (Å²) in [6, 6.07) is 8.89. The summed E-state index contributed by atoms with van der Waals surface area (Å²) in [6.07, 6.45) is 0. The molecule has 0 saturated carbocycles. The number of rotatable bonds is 3. The van der Waals surface area contributed by atoms with Gasteiger partial charge < -0.3 is 10.1 Å². The van der Waals surface area contributed by atoms with Crippen LogP contribution in [0.3, 0.4) is 0 Å². The number of para-hydroxylation sites is 1. The van der Waals surface area contributed by atoms with E-state index in [4.69, 9.17) is 0 Å². The van der Waals surface area contributed by atoms with Gasteiger partial charge in [0.1, 0.15) is 5.69 Å². The maximum absolute atomic E-state index is 11.9. The number of amides is 1. The van der Waals surface area contributed by atoms with Crippen LogP contribution in [0.4, 0.5) is 5.69 Å². The number of aromatic nitrogens is 2. The molecule has 1 heterocycles. The van der Waals surface area contributed by atoms with Crippen LogP contribution < -0.4 is 10.9 Å². The summed E-state index contributed by atoms with van der Waals surface area (Å²) in [7, 11) is 1.25. The number of hydrogen-bond acceptors (Lipinski definition) is 5. The van der Waals surface area contributed by atoms with E-state index in [-0.39, 0.29) is 11.3 Å². The Balaban J connectivity index is 2.26. The lowest BCUT2D eigenvalue weighted by Gasteiger charge is -2.08. The first-order valence-electron chi connectivity index (χ1n) is 5.66. The molecule has 0 saturated heterocycles. The molecule has 0 aliphatic carbocycles. The van der Waals surface area contributed by atoms with Crippen molar-refractivity contribution in [2.24, 2.45) is 0 Å². The zero-order valence-corrected chi connectivity index (χ0v) is 10.5. The summed E-state index contributed by atoms with van der Waals surface area (Å²) >= 11 is 0. The lowest BCUT2D eigenvalue weighted by molar-refractivity contribution is 0.0602. The number of aromatic amines is 1. The Morgan fingerprint density at radius 2 is 1.95 bits per heavy atom. The van der Waals surface area contributed by atoms with E-state index in [1.165, 1.54) is 25.3 Å². The molecule has 0 spiro atoms. The van der Waals surface area contributed by atoms with E-state index in [0.29, 0.717) is 5.69 Å². The molecule has 0 bridgehead atoms. The van der Waals surface area contributed by atoms with E-state index < -0.39 is 17.4 Å². The third-order valence-corrected chi connectivity index (χ3v) is 2.49. The van der Waals surface area contributed by atoms with Gasteiger partial charge in [0.05, 0.1) is 18.4 Å². The minimum atomic E-state index is -0.560. The SMILES string of the molecule is COC(=O)c1ccccc1NC(=O)c1ccc(=O)[nH]n1. The molecule has 0 unspecified atom stereocenters. The first-order chi connectivity index (χ1) is 9.61. The highest BCUT2D eigenvalue weighted by atomic mass is 16.5. The average Bonchev–Trinajstić information content (AvgIpc) is 2.47. The number of esters is 1. The van der Waals surface area contributed by atoms with Gasteiger partial charge in [-0.05, 0) is 18.2 Å². The van der Waals surface area contributed by atoms with Gasteiger partial charge in [0.2, 0.25) is 0 Å². The predicted molar refractivity (Wildman–Crippen MR) is 70.6 cm³/mol. The number of hydrogen-bond donors (Lipinski definition) is 2. The fourth-order valence-corrected chi connectivity index (χ4v) is 1.54. The Morgan fingerprint density at radius 3 is 2.60 bits per heavy atom. The topological polar surface area (TPSA) is 101 Å². The van der Waals surface area contributed by atoms with Crippen molar-refractivity contribution in [2.45, 2.75) is 0 Å². The molecule has 0 radical (unpaired) electrons. The lowest BCUT2D eigenvalue weighted by Crippen LogP contribution is -2.19. The Kier molecular flexibility index (Phi) is 3.90. The van der Waals surface area contributed by atoms with Crippen molar-refractivity contribution < 1.29 is 14.3 Å². The van der Waals surface area contributed by atoms with Crippen LogP contribution in [0.1, 0.15) is 20.8 Å². The van der Waals surface area contributed by atoms with Crippen molar-refractivity contribution in [3.63, 3.8) is 0 Å². The zero-order chi connectivity index (χ0) is 14.5. The molecule has 1 aromatic heterocycles. The highest BCUT2D eigenvalue weighted by Crippen LogP contribution is 2.16. The van der Waals surface area contributed by atoms with Gasteiger partial charge in [-0.2, -0.15) is 5.10 Å². The van der Waals surface area contributed by atoms with E-state index in [2.05, 4.69) is 20.3 Å². The summed E-state index contributed by atoms with van der Waals surface area (Å²) < 4.78 is 4.63. The summed E-state index contributed by atoms with van der Waals surface area (Å²) in [5.41, 5.74) is 0.158. The van der Waals surface area contributed by atoms with Crippen LogP contribution in [0.15, 0.2) is 41.2 Å². The fraction of sp³-hybridized carbons (Fsp3) is 0.0769. The summed E-state index contributed by atoms with van der Waals surface area (Å²) in [5.74, 6) is -1.10. The van der Waals surface area contributed by atoms with Crippen LogP contribution in [0.5, 0.6) is 0 Å². The molecule has 20 heavy (non-hydrogen) atoms. The first-order valence-corrected chi connectivity index (χ1v) is 5.66. The number of nitrogens with one attached hydrogen (secondary N) is 2. The van der Waals surface area contributed by atoms with Gasteiger partial charge in [-0.1, -0.05) is 12.1 Å². The maximum Gasteiger partial charge on any atom is 0.339 e. The molecule has 0 fully saturated rings. The van der Waals surface area contributed by atoms with Gasteiger partial charge in [0.25, 0.3) is 11.5 Å². The van der Waals surface area contributed by atoms with Crippen LogP contribution in [-0.2, 0) is 4.74 Å². The van der Waals surface area contributed by atoms with Crippen molar-refractivity contribution in [3.8, 4) is 0 Å². The monoisotopic (exact) mass is 273 g/mol. The molecule has 0 aliphatic rings. The molecule has 2 rings (SSSR count). The minimum Gasteiger partial charge on any atom is -0.465 e. The minimum absolute atomic E-state index is 0.0317. The quantitative estimate of drug-likeness (QED) is 0.806. The Hall–Kier alpha value is -2.96. The van der Waals surface area contributed by atoms with Crippen LogP contribution in [0, 0.1) is 0 Å². The maximum atomic E-state index is 11.9. The highest BCUT2D eigenvalue weighted by molar-refractivity contribution is 6.06. The molecular formula is C13H11N3O4. The van der Waals surface area contributed by atoms with Crippen molar-refractivity contribution in [1.82, 2.24) is 10.2 Å². The third kappa shape index (κ3) is 2.89. The summed E-state index contributed by atoms with van der Waals surface area (Å²) in [4.78, 5) is 34.4. The predicted octanol–water partition coefficient (Wildman–Crippen LogP) is 0.809. The standard InChI is InChI=1S/C13H11N3O4/c1-20-13(19)8-4-2-3-5-9(8)14-12(18)10-6-7-11(17)16-15-10/h2-7H,1H3,(H,14,18)(H,16,17). The number of nitrogens with zero attached hydrogens (tertiary/aromatic N) is 1. The third-order valence-electron chi connectivity index (χ3n) is 2.49. The Morgan fingerprint density at radius 1 is 1.20 bits per heavy atom. The van der Waals surface area contributed by atoms with Crippen LogP contribution in [-0.4, -0.2) is 29.2 Å². The van der Waals surface area contributed by atoms with E-state index >= 15 is 0 Å². The molecule has 1 amide bonds. The number of carbonyl (C=O) groups is 2. The number of benzene rings is 1. The van der Waals surface area contributed by atoms with Gasteiger partial charge in [0, 0.05) is 6.07 Å². The van der Waals surface area contributed by atoms with Gasteiger partial charge in [-0.25, -0.2) is 9.89 Å². The number of anilines is 1. The molecule has 1 aromatic carbocycles. The lowest BCUT2D eigenvalue weighted by atomic mass is 10.1. The fourth-order valence-electron chi connectivity index (χ4n) is 1.54. The zero-order valence-electron chi connectivity index (χ0n) is 10.5. The second-order valence-electron chi connectivity index (χ2n) is 3.80. The van der Waals surface area contributed by atoms with Crippen LogP contribution in [0.25, 0.3) is 0 Å². The smallest absolute Gasteiger partial charge is 0.339 e. The van der Waals surface area contributed by atoms with Gasteiger partial charge in [0.15, 0.2) is 0 Å². The molecule has 0 atom stereocenters. The molecule has 0 aliphatic heterocycles. The van der Waals surface area contributed by atoms with Crippen molar-refractivity contribution in [2.75, 3.05) is 12.4 Å². The second-order valence-corrected chi connectivity index (χ2v) is 3.80. The normalized spacial score (nSPS) is 9.85. The molecule has 7 heteroatoms. The highest BCUT2D eigenvalue weighted by Gasteiger charge is 2.14. The van der Waals surface area contributed by atoms with Gasteiger partial charge in [-0.15, -0.1) is 0 Å². The van der Waals surface area contributed by atoms with E-state index in [0.717, 1.165) is 0 Å². The number of methoxy groups -OCH3 is 1. The Labute approximate surface area is 113 Å². The number of carbonyl (C=O) groups excluding carboxylic acids is 2. The molecule has 2 N–H and O–H groups in total. The second kappa shape index (κ2) is 5.79. The van der Waals surface area contributed by atoms with Crippen LogP contribution in [0.2, 0.25) is 0 Å². The van der Waals surface area contributed by atoms with E-state index in [1.807, 2.05) is 0 Å². The number of H-pyrrole nitrogens is 1. The molecule has 7 nitrogen and oxygen atoms in total. The summed E-state index contributed by atoms with van der Waals surface area (Å²) in [5, 5.41) is 8.30. The van der Waals surface area contributed by atoms with E-state index in [9.17, 15) is 14.4 Å². The van der Waals surface area contributed by atoms with Gasteiger partial charge in [-0.3, -0.25) is 9.59 Å². The van der Waals surface area contributed by atoms with Crippen LogP contribution >= 0.6 is 0 Å². The number of ether oxygens (including phenoxy) is 1. The molecule has 2 aromatic rings. The van der Waals surface area contributed by atoms with Crippen molar-refractivity contribution in [1.29, 1.82) is 0 Å². The average molecular weight is 273 g/mol. The van der Waals surface area contributed by atoms with Crippen molar-refractivity contribution >= 4 is 17.6 Å². The molecule has 102 valence electrons. The van der Waals surface area contributed by atoms with Gasteiger partial charge >= 0.3 is 5.97 Å². The van der Waals surface area contributed by atoms with E-state index in [1.54, 1.807) is 18.2 Å². The summed E-state index contributed by atoms with van der Waals surface area (Å²) in [6.45, 7) is 0. The first kappa shape index (κ1) is 13.5.